The van der Waals surface area contributed by atoms with Gasteiger partial charge in [0, 0.05) is 0 Å². The van der Waals surface area contributed by atoms with Crippen molar-refractivity contribution in [2.45, 2.75) is 25.3 Å². The van der Waals surface area contributed by atoms with Gasteiger partial charge in [0.1, 0.15) is 12.2 Å². The predicted molar refractivity (Wildman–Crippen MR) is 51.3 cm³/mol. The predicted octanol–water partition coefficient (Wildman–Crippen LogP) is 1.20. The Morgan fingerprint density at radius 2 is 2.33 bits per heavy atom. The second kappa shape index (κ2) is 4.57. The summed E-state index contributed by atoms with van der Waals surface area (Å²) in [5.41, 5.74) is 0. The van der Waals surface area contributed by atoms with E-state index in [1.165, 1.54) is 19.3 Å². The first-order valence-electron chi connectivity index (χ1n) is 4.05. The van der Waals surface area contributed by atoms with Crippen molar-refractivity contribution in [1.82, 2.24) is 20.5 Å². The van der Waals surface area contributed by atoms with Crippen LogP contribution in [0.2, 0.25) is 0 Å². The Morgan fingerprint density at radius 1 is 1.42 bits per heavy atom. The van der Waals surface area contributed by atoms with Gasteiger partial charge in [-0.05, 0) is 19.4 Å². The molecule has 0 unspecified atom stereocenters. The Hall–Kier alpha value is -0.420. The zero-order chi connectivity index (χ0) is 7.52. The second-order valence-electron chi connectivity index (χ2n) is 2.87. The zero-order valence-electron chi connectivity index (χ0n) is 6.79. The van der Waals surface area contributed by atoms with Gasteiger partial charge in [-0.2, -0.15) is 5.10 Å². The molecule has 1 aromatic rings. The van der Waals surface area contributed by atoms with Crippen molar-refractivity contribution < 1.29 is 0 Å². The molecule has 0 bridgehead atoms. The third-order valence-electron chi connectivity index (χ3n) is 2.07. The molecule has 4 nitrogen and oxygen atoms in total. The molecule has 2 heterocycles. The lowest BCUT2D eigenvalue weighted by Crippen LogP contribution is -2.27. The Morgan fingerprint density at radius 3 is 2.92 bits per heavy atom. The third-order valence-corrected chi connectivity index (χ3v) is 2.07. The SMILES string of the molecule is Br.c1n[nH]c([C@H]2CCCCN2)n1. The van der Waals surface area contributed by atoms with E-state index in [2.05, 4.69) is 20.5 Å². The molecule has 1 saturated heterocycles. The van der Waals surface area contributed by atoms with E-state index in [9.17, 15) is 0 Å². The molecular formula is C7H13BrN4. The lowest BCUT2D eigenvalue weighted by molar-refractivity contribution is 0.398. The monoisotopic (exact) mass is 232 g/mol. The molecule has 0 saturated carbocycles. The number of nitrogens with zero attached hydrogens (tertiary/aromatic N) is 2. The fourth-order valence-electron chi connectivity index (χ4n) is 1.47. The van der Waals surface area contributed by atoms with Crippen LogP contribution in [0, 0.1) is 0 Å². The molecule has 1 fully saturated rings. The first-order chi connectivity index (χ1) is 5.47. The van der Waals surface area contributed by atoms with Crippen molar-refractivity contribution in [2.24, 2.45) is 0 Å². The van der Waals surface area contributed by atoms with Crippen molar-refractivity contribution in [2.75, 3.05) is 6.54 Å². The van der Waals surface area contributed by atoms with Crippen LogP contribution in [0.1, 0.15) is 31.1 Å². The molecule has 5 heteroatoms. The normalized spacial score (nSPS) is 23.2. The number of piperidine rings is 1. The molecular weight excluding hydrogens is 220 g/mol. The minimum Gasteiger partial charge on any atom is -0.307 e. The van der Waals surface area contributed by atoms with Gasteiger partial charge < -0.3 is 5.32 Å². The molecule has 68 valence electrons. The van der Waals surface area contributed by atoms with E-state index >= 15 is 0 Å². The zero-order valence-corrected chi connectivity index (χ0v) is 8.50. The van der Waals surface area contributed by atoms with Crippen molar-refractivity contribution in [3.05, 3.63) is 12.2 Å². The van der Waals surface area contributed by atoms with Crippen molar-refractivity contribution >= 4 is 17.0 Å². The van der Waals surface area contributed by atoms with E-state index in [0.29, 0.717) is 6.04 Å². The summed E-state index contributed by atoms with van der Waals surface area (Å²) in [5.74, 6) is 0.977. The number of rotatable bonds is 1. The van der Waals surface area contributed by atoms with Gasteiger partial charge in [-0.25, -0.2) is 4.98 Å². The minimum atomic E-state index is 0. The van der Waals surface area contributed by atoms with Crippen LogP contribution < -0.4 is 5.32 Å². The van der Waals surface area contributed by atoms with Gasteiger partial charge in [0.15, 0.2) is 0 Å². The fourth-order valence-corrected chi connectivity index (χ4v) is 1.47. The highest BCUT2D eigenvalue weighted by Gasteiger charge is 2.16. The summed E-state index contributed by atoms with van der Waals surface area (Å²) in [6.45, 7) is 1.10. The van der Waals surface area contributed by atoms with E-state index in [1.807, 2.05) is 0 Å². The van der Waals surface area contributed by atoms with E-state index in [4.69, 9.17) is 0 Å². The van der Waals surface area contributed by atoms with Crippen LogP contribution in [0.4, 0.5) is 0 Å². The molecule has 0 radical (unpaired) electrons. The van der Waals surface area contributed by atoms with Crippen LogP contribution >= 0.6 is 17.0 Å². The van der Waals surface area contributed by atoms with Crippen molar-refractivity contribution in [3.63, 3.8) is 0 Å². The molecule has 0 aliphatic carbocycles. The fraction of sp³-hybridized carbons (Fsp3) is 0.714. The van der Waals surface area contributed by atoms with Crippen LogP contribution in [-0.2, 0) is 0 Å². The highest BCUT2D eigenvalue weighted by Crippen LogP contribution is 2.18. The van der Waals surface area contributed by atoms with E-state index < -0.39 is 0 Å². The largest absolute Gasteiger partial charge is 0.307 e. The Labute approximate surface area is 81.9 Å². The summed E-state index contributed by atoms with van der Waals surface area (Å²) in [6, 6.07) is 0.409. The second-order valence-corrected chi connectivity index (χ2v) is 2.87. The average molecular weight is 233 g/mol. The number of halogens is 1. The Balaban J connectivity index is 0.000000720. The lowest BCUT2D eigenvalue weighted by atomic mass is 10.1. The molecule has 0 aromatic carbocycles. The van der Waals surface area contributed by atoms with E-state index in [-0.39, 0.29) is 17.0 Å². The molecule has 1 atom stereocenters. The van der Waals surface area contributed by atoms with Crippen molar-refractivity contribution in [3.8, 4) is 0 Å². The Kier molecular flexibility index (Phi) is 3.68. The maximum atomic E-state index is 4.11. The number of nitrogens with one attached hydrogen (secondary N) is 2. The average Bonchev–Trinajstić information content (AvgIpc) is 2.58. The third kappa shape index (κ3) is 2.04. The maximum absolute atomic E-state index is 4.11. The van der Waals surface area contributed by atoms with Gasteiger partial charge in [0.25, 0.3) is 0 Å². The lowest BCUT2D eigenvalue weighted by Gasteiger charge is -2.20. The molecule has 1 aliphatic rings. The van der Waals surface area contributed by atoms with Gasteiger partial charge in [-0.15, -0.1) is 17.0 Å². The first-order valence-corrected chi connectivity index (χ1v) is 4.05. The van der Waals surface area contributed by atoms with Gasteiger partial charge >= 0.3 is 0 Å². The molecule has 0 spiro atoms. The summed E-state index contributed by atoms with van der Waals surface area (Å²) >= 11 is 0. The number of aromatic nitrogens is 3. The summed E-state index contributed by atoms with van der Waals surface area (Å²) < 4.78 is 0. The van der Waals surface area contributed by atoms with Crippen LogP contribution in [0.15, 0.2) is 6.33 Å². The van der Waals surface area contributed by atoms with Crippen LogP contribution in [0.5, 0.6) is 0 Å². The number of aromatic amines is 1. The summed E-state index contributed by atoms with van der Waals surface area (Å²) in [4.78, 5) is 4.11. The molecule has 1 aliphatic heterocycles. The summed E-state index contributed by atoms with van der Waals surface area (Å²) in [7, 11) is 0. The molecule has 1 aromatic heterocycles. The molecule has 2 rings (SSSR count). The summed E-state index contributed by atoms with van der Waals surface area (Å²) in [6.07, 6.45) is 5.31. The standard InChI is InChI=1S/C7H12N4.BrH/c1-2-4-8-6(3-1)7-9-5-10-11-7;/h5-6,8H,1-4H2,(H,9,10,11);1H/t6-;/m1./s1. The van der Waals surface area contributed by atoms with Crippen molar-refractivity contribution in [1.29, 1.82) is 0 Å². The quantitative estimate of drug-likeness (QED) is 0.766. The minimum absolute atomic E-state index is 0. The number of hydrogen-bond acceptors (Lipinski definition) is 3. The van der Waals surface area contributed by atoms with Gasteiger partial charge in [-0.1, -0.05) is 6.42 Å². The van der Waals surface area contributed by atoms with E-state index in [1.54, 1.807) is 6.33 Å². The van der Waals surface area contributed by atoms with Gasteiger partial charge in [0.05, 0.1) is 6.04 Å². The number of H-pyrrole nitrogens is 1. The summed E-state index contributed by atoms with van der Waals surface area (Å²) in [5, 5.41) is 10.1. The van der Waals surface area contributed by atoms with Crippen LogP contribution in [0.3, 0.4) is 0 Å². The topological polar surface area (TPSA) is 53.6 Å². The molecule has 2 N–H and O–H groups in total. The highest BCUT2D eigenvalue weighted by molar-refractivity contribution is 8.93. The van der Waals surface area contributed by atoms with Gasteiger partial charge in [-0.3, -0.25) is 5.10 Å². The van der Waals surface area contributed by atoms with Crippen LogP contribution in [-0.4, -0.2) is 21.7 Å². The first kappa shape index (κ1) is 9.67. The maximum Gasteiger partial charge on any atom is 0.141 e. The molecule has 0 amide bonds. The van der Waals surface area contributed by atoms with Crippen LogP contribution in [0.25, 0.3) is 0 Å². The van der Waals surface area contributed by atoms with E-state index in [0.717, 1.165) is 12.4 Å². The smallest absolute Gasteiger partial charge is 0.141 e. The highest BCUT2D eigenvalue weighted by atomic mass is 79.9. The number of hydrogen-bond donors (Lipinski definition) is 2. The van der Waals surface area contributed by atoms with Gasteiger partial charge in [0.2, 0.25) is 0 Å². The Bertz CT molecular complexity index is 205. The molecule has 12 heavy (non-hydrogen) atoms.